The normalized spacial score (nSPS) is 13.3. The van der Waals surface area contributed by atoms with E-state index >= 15 is 0 Å². The van der Waals surface area contributed by atoms with Crippen LogP contribution in [0.1, 0.15) is 25.8 Å². The molecule has 0 aliphatic heterocycles. The maximum absolute atomic E-state index is 5.55. The van der Waals surface area contributed by atoms with Crippen molar-refractivity contribution in [2.75, 3.05) is 0 Å². The lowest BCUT2D eigenvalue weighted by Crippen LogP contribution is -2.18. The fourth-order valence-electron chi connectivity index (χ4n) is 0.663. The summed E-state index contributed by atoms with van der Waals surface area (Å²) < 4.78 is 5.55. The number of hydrogen-bond acceptors (Lipinski definition) is 5. The third-order valence-corrected chi connectivity index (χ3v) is 2.68. The lowest BCUT2D eigenvalue weighted by molar-refractivity contribution is 0.168. The van der Waals surface area contributed by atoms with Crippen LogP contribution in [-0.2, 0) is 6.54 Å². The Morgan fingerprint density at radius 2 is 2.08 bits per heavy atom. The first kappa shape index (κ1) is 10.4. The van der Waals surface area contributed by atoms with Crippen LogP contribution >= 0.6 is 11.3 Å². The summed E-state index contributed by atoms with van der Waals surface area (Å²) in [5, 5.41) is 9.16. The Bertz CT molecular complexity index is 262. The molecule has 5 heteroatoms. The van der Waals surface area contributed by atoms with Crippen molar-refractivity contribution >= 4 is 11.3 Å². The molecule has 0 spiro atoms. The lowest BCUT2D eigenvalue weighted by atomic mass is 10.1. The topological polar surface area (TPSA) is 61.0 Å². The molecule has 0 bridgehead atoms. The zero-order valence-corrected chi connectivity index (χ0v) is 8.97. The molecule has 1 unspecified atom stereocenters. The lowest BCUT2D eigenvalue weighted by Gasteiger charge is -2.14. The Morgan fingerprint density at radius 1 is 1.38 bits per heavy atom. The van der Waals surface area contributed by atoms with Crippen molar-refractivity contribution in [3.05, 3.63) is 5.01 Å². The van der Waals surface area contributed by atoms with Gasteiger partial charge in [-0.05, 0) is 12.8 Å². The van der Waals surface area contributed by atoms with E-state index in [1.807, 2.05) is 6.92 Å². The summed E-state index contributed by atoms with van der Waals surface area (Å²) in [5.41, 5.74) is 5.41. The van der Waals surface area contributed by atoms with Crippen molar-refractivity contribution < 1.29 is 4.74 Å². The van der Waals surface area contributed by atoms with Crippen molar-refractivity contribution in [1.29, 1.82) is 0 Å². The van der Waals surface area contributed by atoms with E-state index in [1.54, 1.807) is 0 Å². The number of hydrogen-bond donors (Lipinski definition) is 1. The van der Waals surface area contributed by atoms with E-state index < -0.39 is 0 Å². The molecule has 0 radical (unpaired) electrons. The molecule has 0 aromatic carbocycles. The number of ether oxygens (including phenoxy) is 1. The molecular formula is C8H15N3OS. The molecule has 1 heterocycles. The van der Waals surface area contributed by atoms with E-state index in [0.29, 0.717) is 17.7 Å². The van der Waals surface area contributed by atoms with Gasteiger partial charge in [0.1, 0.15) is 11.1 Å². The molecule has 0 fully saturated rings. The van der Waals surface area contributed by atoms with Gasteiger partial charge in [-0.15, -0.1) is 5.10 Å². The van der Waals surface area contributed by atoms with Gasteiger partial charge in [0, 0.05) is 6.54 Å². The highest BCUT2D eigenvalue weighted by Gasteiger charge is 2.11. The average Bonchev–Trinajstić information content (AvgIpc) is 2.52. The minimum Gasteiger partial charge on any atom is -0.466 e. The van der Waals surface area contributed by atoms with Crippen LogP contribution in [0.2, 0.25) is 0 Å². The summed E-state index contributed by atoms with van der Waals surface area (Å²) in [6, 6.07) is 0. The van der Waals surface area contributed by atoms with Crippen molar-refractivity contribution in [3.8, 4) is 5.19 Å². The predicted molar refractivity (Wildman–Crippen MR) is 52.7 cm³/mol. The van der Waals surface area contributed by atoms with Crippen molar-refractivity contribution in [2.45, 2.75) is 33.4 Å². The zero-order valence-electron chi connectivity index (χ0n) is 8.15. The summed E-state index contributed by atoms with van der Waals surface area (Å²) in [7, 11) is 0. The molecule has 1 atom stereocenters. The molecule has 0 amide bonds. The minimum absolute atomic E-state index is 0.165. The molecule has 1 rings (SSSR count). The molecule has 0 aliphatic carbocycles. The second kappa shape index (κ2) is 4.53. The number of aromatic nitrogens is 2. The average molecular weight is 201 g/mol. The highest BCUT2D eigenvalue weighted by Crippen LogP contribution is 2.20. The molecule has 2 N–H and O–H groups in total. The fourth-order valence-corrected chi connectivity index (χ4v) is 1.31. The Labute approximate surface area is 82.1 Å². The molecule has 4 nitrogen and oxygen atoms in total. The Balaban J connectivity index is 2.53. The van der Waals surface area contributed by atoms with Gasteiger partial charge in [0.05, 0.1) is 0 Å². The molecule has 13 heavy (non-hydrogen) atoms. The summed E-state index contributed by atoms with van der Waals surface area (Å²) >= 11 is 1.41. The largest absolute Gasteiger partial charge is 0.466 e. The van der Waals surface area contributed by atoms with Crippen LogP contribution in [0.3, 0.4) is 0 Å². The van der Waals surface area contributed by atoms with Gasteiger partial charge in [0.25, 0.3) is 5.19 Å². The molecule has 74 valence electrons. The van der Waals surface area contributed by atoms with Crippen LogP contribution in [0.25, 0.3) is 0 Å². The summed E-state index contributed by atoms with van der Waals surface area (Å²) in [6.45, 7) is 6.66. The van der Waals surface area contributed by atoms with Gasteiger partial charge in [0.15, 0.2) is 0 Å². The van der Waals surface area contributed by atoms with Crippen molar-refractivity contribution in [2.24, 2.45) is 11.7 Å². The standard InChI is InChI=1S/C8H15N3OS/c1-5(2)6(3)12-8-11-10-7(4-9)13-8/h5-6H,4,9H2,1-3H3. The van der Waals surface area contributed by atoms with Crippen molar-refractivity contribution in [3.63, 3.8) is 0 Å². The van der Waals surface area contributed by atoms with E-state index in [2.05, 4.69) is 24.0 Å². The van der Waals surface area contributed by atoms with Gasteiger partial charge < -0.3 is 10.5 Å². The summed E-state index contributed by atoms with van der Waals surface area (Å²) in [4.78, 5) is 0. The van der Waals surface area contributed by atoms with Gasteiger partial charge in [-0.25, -0.2) is 0 Å². The first-order valence-electron chi connectivity index (χ1n) is 4.32. The van der Waals surface area contributed by atoms with Gasteiger partial charge in [-0.2, -0.15) is 0 Å². The van der Waals surface area contributed by atoms with Gasteiger partial charge >= 0.3 is 0 Å². The van der Waals surface area contributed by atoms with Gasteiger partial charge in [-0.1, -0.05) is 30.3 Å². The molecule has 0 aliphatic rings. The Kier molecular flexibility index (Phi) is 3.62. The highest BCUT2D eigenvalue weighted by atomic mass is 32.1. The maximum Gasteiger partial charge on any atom is 0.294 e. The Hall–Kier alpha value is -0.680. The number of rotatable bonds is 4. The van der Waals surface area contributed by atoms with E-state index in [1.165, 1.54) is 11.3 Å². The van der Waals surface area contributed by atoms with Crippen LogP contribution in [0.4, 0.5) is 0 Å². The first-order chi connectivity index (χ1) is 6.13. The van der Waals surface area contributed by atoms with Gasteiger partial charge in [0.2, 0.25) is 0 Å². The molecule has 0 saturated carbocycles. The number of nitrogens with two attached hydrogens (primary N) is 1. The van der Waals surface area contributed by atoms with Crippen LogP contribution in [0, 0.1) is 5.92 Å². The smallest absolute Gasteiger partial charge is 0.294 e. The molecule has 1 aromatic rings. The second-order valence-corrected chi connectivity index (χ2v) is 4.26. The first-order valence-corrected chi connectivity index (χ1v) is 5.14. The summed E-state index contributed by atoms with van der Waals surface area (Å²) in [5.74, 6) is 0.477. The Morgan fingerprint density at radius 3 is 2.54 bits per heavy atom. The number of nitrogens with zero attached hydrogens (tertiary/aromatic N) is 2. The summed E-state index contributed by atoms with van der Waals surface area (Å²) in [6.07, 6.45) is 0.165. The molecule has 1 aromatic heterocycles. The maximum atomic E-state index is 5.55. The fraction of sp³-hybridized carbons (Fsp3) is 0.750. The molecular weight excluding hydrogens is 186 g/mol. The molecule has 0 saturated heterocycles. The second-order valence-electron chi connectivity index (χ2n) is 3.23. The van der Waals surface area contributed by atoms with Crippen LogP contribution in [-0.4, -0.2) is 16.3 Å². The van der Waals surface area contributed by atoms with Crippen LogP contribution in [0.15, 0.2) is 0 Å². The zero-order chi connectivity index (χ0) is 9.84. The quantitative estimate of drug-likeness (QED) is 0.800. The van der Waals surface area contributed by atoms with E-state index in [0.717, 1.165) is 5.01 Å². The van der Waals surface area contributed by atoms with Gasteiger partial charge in [-0.3, -0.25) is 0 Å². The van der Waals surface area contributed by atoms with Crippen LogP contribution < -0.4 is 10.5 Å². The van der Waals surface area contributed by atoms with E-state index in [4.69, 9.17) is 10.5 Å². The van der Waals surface area contributed by atoms with E-state index in [9.17, 15) is 0 Å². The minimum atomic E-state index is 0.165. The third kappa shape index (κ3) is 2.93. The SMILES string of the molecule is CC(C)C(C)Oc1nnc(CN)s1. The third-order valence-electron chi connectivity index (χ3n) is 1.85. The monoisotopic (exact) mass is 201 g/mol. The van der Waals surface area contributed by atoms with Crippen LogP contribution in [0.5, 0.6) is 5.19 Å². The van der Waals surface area contributed by atoms with E-state index in [-0.39, 0.29) is 6.10 Å². The highest BCUT2D eigenvalue weighted by molar-refractivity contribution is 7.13. The predicted octanol–water partition coefficient (Wildman–Crippen LogP) is 1.42. The van der Waals surface area contributed by atoms with Crippen molar-refractivity contribution in [1.82, 2.24) is 10.2 Å².